The van der Waals surface area contributed by atoms with Gasteiger partial charge in [-0.2, -0.15) is 0 Å². The number of para-hydroxylation sites is 1. The highest BCUT2D eigenvalue weighted by Gasteiger charge is 2.05. The summed E-state index contributed by atoms with van der Waals surface area (Å²) in [5.74, 6) is 0.751. The standard InChI is InChI=1S/C12H17NO2/c1-4-15-12-8-6-5-7-11(12)9-13(14)10(2)3/h5-10H,4H2,1-3H3/b13-9-. The highest BCUT2D eigenvalue weighted by atomic mass is 16.5. The molecule has 0 aliphatic heterocycles. The lowest BCUT2D eigenvalue weighted by Crippen LogP contribution is -2.15. The largest absolute Gasteiger partial charge is 0.624 e. The zero-order chi connectivity index (χ0) is 11.3. The van der Waals surface area contributed by atoms with Gasteiger partial charge >= 0.3 is 0 Å². The van der Waals surface area contributed by atoms with Crippen LogP contribution in [0.25, 0.3) is 0 Å². The van der Waals surface area contributed by atoms with Crippen molar-refractivity contribution < 1.29 is 9.48 Å². The van der Waals surface area contributed by atoms with E-state index >= 15 is 0 Å². The second-order valence-corrected chi connectivity index (χ2v) is 3.55. The number of benzene rings is 1. The van der Waals surface area contributed by atoms with Crippen molar-refractivity contribution >= 4 is 6.21 Å². The van der Waals surface area contributed by atoms with E-state index in [4.69, 9.17) is 4.74 Å². The van der Waals surface area contributed by atoms with Crippen molar-refractivity contribution in [2.24, 2.45) is 0 Å². The van der Waals surface area contributed by atoms with E-state index < -0.39 is 0 Å². The predicted octanol–water partition coefficient (Wildman–Crippen LogP) is 2.42. The van der Waals surface area contributed by atoms with Crippen LogP contribution in [0.1, 0.15) is 26.3 Å². The SMILES string of the molecule is CCOc1ccccc1/C=[N+](\[O-])C(C)C. The summed E-state index contributed by atoms with van der Waals surface area (Å²) in [4.78, 5) is 0. The molecule has 82 valence electrons. The Morgan fingerprint density at radius 1 is 1.40 bits per heavy atom. The van der Waals surface area contributed by atoms with Gasteiger partial charge in [-0.1, -0.05) is 12.1 Å². The molecule has 0 aromatic heterocycles. The first kappa shape index (κ1) is 11.6. The molecular formula is C12H17NO2. The second kappa shape index (κ2) is 5.39. The van der Waals surface area contributed by atoms with Gasteiger partial charge in [-0.3, -0.25) is 0 Å². The minimum Gasteiger partial charge on any atom is -0.624 e. The van der Waals surface area contributed by atoms with Crippen LogP contribution >= 0.6 is 0 Å². The highest BCUT2D eigenvalue weighted by Crippen LogP contribution is 2.15. The summed E-state index contributed by atoms with van der Waals surface area (Å²) in [5.41, 5.74) is 0.822. The summed E-state index contributed by atoms with van der Waals surface area (Å²) in [6.07, 6.45) is 1.57. The average Bonchev–Trinajstić information content (AvgIpc) is 2.21. The van der Waals surface area contributed by atoms with Crippen molar-refractivity contribution in [2.75, 3.05) is 6.61 Å². The van der Waals surface area contributed by atoms with Crippen LogP contribution in [0.2, 0.25) is 0 Å². The summed E-state index contributed by atoms with van der Waals surface area (Å²) in [6.45, 7) is 6.24. The Labute approximate surface area is 90.6 Å². The second-order valence-electron chi connectivity index (χ2n) is 3.55. The average molecular weight is 207 g/mol. The lowest BCUT2D eigenvalue weighted by atomic mass is 10.2. The predicted molar refractivity (Wildman–Crippen MR) is 61.5 cm³/mol. The Hall–Kier alpha value is -1.51. The quantitative estimate of drug-likeness (QED) is 0.329. The van der Waals surface area contributed by atoms with Gasteiger partial charge in [0.2, 0.25) is 0 Å². The zero-order valence-corrected chi connectivity index (χ0v) is 9.43. The number of ether oxygens (including phenoxy) is 1. The van der Waals surface area contributed by atoms with Gasteiger partial charge in [-0.15, -0.1) is 0 Å². The van der Waals surface area contributed by atoms with E-state index in [2.05, 4.69) is 0 Å². The molecule has 0 saturated heterocycles. The van der Waals surface area contributed by atoms with Gasteiger partial charge in [-0.25, -0.2) is 4.74 Å². The van der Waals surface area contributed by atoms with Crippen LogP contribution in [-0.2, 0) is 0 Å². The van der Waals surface area contributed by atoms with Crippen molar-refractivity contribution in [1.29, 1.82) is 0 Å². The summed E-state index contributed by atoms with van der Waals surface area (Å²) in [7, 11) is 0. The van der Waals surface area contributed by atoms with Gasteiger partial charge in [0.05, 0.1) is 12.2 Å². The molecular weight excluding hydrogens is 190 g/mol. The van der Waals surface area contributed by atoms with Gasteiger partial charge in [0.1, 0.15) is 5.75 Å². The maximum absolute atomic E-state index is 11.5. The van der Waals surface area contributed by atoms with Crippen LogP contribution in [0.3, 0.4) is 0 Å². The number of nitrogens with zero attached hydrogens (tertiary/aromatic N) is 1. The fourth-order valence-corrected chi connectivity index (χ4v) is 1.16. The molecule has 3 nitrogen and oxygen atoms in total. The molecule has 15 heavy (non-hydrogen) atoms. The van der Waals surface area contributed by atoms with Crippen molar-refractivity contribution in [3.8, 4) is 5.75 Å². The molecule has 0 N–H and O–H groups in total. The Morgan fingerprint density at radius 3 is 2.67 bits per heavy atom. The van der Waals surface area contributed by atoms with Crippen molar-refractivity contribution in [3.63, 3.8) is 0 Å². The third kappa shape index (κ3) is 3.27. The molecule has 0 aliphatic rings. The van der Waals surface area contributed by atoms with Gasteiger partial charge in [-0.05, 0) is 32.9 Å². The lowest BCUT2D eigenvalue weighted by molar-refractivity contribution is -0.487. The molecule has 0 saturated carbocycles. The summed E-state index contributed by atoms with van der Waals surface area (Å²) >= 11 is 0. The molecule has 3 heteroatoms. The van der Waals surface area contributed by atoms with E-state index in [0.717, 1.165) is 16.1 Å². The smallest absolute Gasteiger partial charge is 0.185 e. The fourth-order valence-electron chi connectivity index (χ4n) is 1.16. The minimum atomic E-state index is -0.0558. The molecule has 0 heterocycles. The van der Waals surface area contributed by atoms with Gasteiger partial charge in [0.25, 0.3) is 0 Å². The van der Waals surface area contributed by atoms with Crippen molar-refractivity contribution in [1.82, 2.24) is 0 Å². The zero-order valence-electron chi connectivity index (χ0n) is 9.43. The molecule has 0 radical (unpaired) electrons. The normalized spacial score (nSPS) is 11.9. The Kier molecular flexibility index (Phi) is 4.16. The molecule has 1 aromatic rings. The third-order valence-corrected chi connectivity index (χ3v) is 1.99. The number of hydrogen-bond acceptors (Lipinski definition) is 2. The molecule has 0 bridgehead atoms. The van der Waals surface area contributed by atoms with Crippen molar-refractivity contribution in [3.05, 3.63) is 35.0 Å². The van der Waals surface area contributed by atoms with Gasteiger partial charge in [0, 0.05) is 0 Å². The molecule has 0 amide bonds. The van der Waals surface area contributed by atoms with E-state index in [0.29, 0.717) is 6.61 Å². The van der Waals surface area contributed by atoms with Crippen LogP contribution in [0.15, 0.2) is 24.3 Å². The van der Waals surface area contributed by atoms with E-state index in [1.54, 1.807) is 6.21 Å². The molecule has 0 fully saturated rings. The first-order chi connectivity index (χ1) is 7.15. The summed E-state index contributed by atoms with van der Waals surface area (Å²) in [5, 5.41) is 11.5. The van der Waals surface area contributed by atoms with Crippen LogP contribution in [0.5, 0.6) is 5.75 Å². The first-order valence-corrected chi connectivity index (χ1v) is 5.17. The monoisotopic (exact) mass is 207 g/mol. The number of hydrogen-bond donors (Lipinski definition) is 0. The summed E-state index contributed by atoms with van der Waals surface area (Å²) < 4.78 is 6.35. The molecule has 1 aromatic carbocycles. The first-order valence-electron chi connectivity index (χ1n) is 5.17. The third-order valence-electron chi connectivity index (χ3n) is 1.99. The maximum atomic E-state index is 11.5. The Balaban J connectivity index is 2.98. The lowest BCUT2D eigenvalue weighted by Gasteiger charge is -2.09. The van der Waals surface area contributed by atoms with Crippen LogP contribution < -0.4 is 4.74 Å². The van der Waals surface area contributed by atoms with Crippen molar-refractivity contribution in [2.45, 2.75) is 26.8 Å². The van der Waals surface area contributed by atoms with E-state index in [9.17, 15) is 5.21 Å². The minimum absolute atomic E-state index is 0.0558. The molecule has 0 atom stereocenters. The van der Waals surface area contributed by atoms with Crippen LogP contribution in [0, 0.1) is 5.21 Å². The molecule has 0 aliphatic carbocycles. The van der Waals surface area contributed by atoms with Crippen LogP contribution in [0.4, 0.5) is 0 Å². The maximum Gasteiger partial charge on any atom is 0.185 e. The molecule has 0 spiro atoms. The van der Waals surface area contributed by atoms with Gasteiger partial charge < -0.3 is 9.94 Å². The highest BCUT2D eigenvalue weighted by molar-refractivity contribution is 5.80. The molecule has 0 unspecified atom stereocenters. The van der Waals surface area contributed by atoms with E-state index in [-0.39, 0.29) is 6.04 Å². The van der Waals surface area contributed by atoms with Gasteiger partial charge in [0.15, 0.2) is 12.3 Å². The molecule has 1 rings (SSSR count). The Bertz CT molecular complexity index is 345. The number of rotatable bonds is 4. The van der Waals surface area contributed by atoms with E-state index in [1.165, 1.54) is 0 Å². The fraction of sp³-hybridized carbons (Fsp3) is 0.417. The number of hydroxylamine groups is 1. The topological polar surface area (TPSA) is 35.3 Å². The van der Waals surface area contributed by atoms with Crippen LogP contribution in [-0.4, -0.2) is 23.6 Å². The van der Waals surface area contributed by atoms with E-state index in [1.807, 2.05) is 45.0 Å². The Morgan fingerprint density at radius 2 is 2.07 bits per heavy atom. The summed E-state index contributed by atoms with van der Waals surface area (Å²) in [6, 6.07) is 7.47.